The van der Waals surface area contributed by atoms with Gasteiger partial charge in [-0.15, -0.1) is 0 Å². The van der Waals surface area contributed by atoms with Crippen molar-refractivity contribution >= 4 is 34.8 Å². The van der Waals surface area contributed by atoms with Crippen molar-refractivity contribution in [2.24, 2.45) is 0 Å². The van der Waals surface area contributed by atoms with E-state index in [1.54, 1.807) is 41.3 Å². The molecule has 0 radical (unpaired) electrons. The molecule has 1 saturated heterocycles. The third-order valence-corrected chi connectivity index (χ3v) is 5.00. The number of anilines is 1. The van der Waals surface area contributed by atoms with Crippen LogP contribution in [0.2, 0.25) is 5.02 Å². The Morgan fingerprint density at radius 3 is 2.41 bits per heavy atom. The molecule has 8 nitrogen and oxygen atoms in total. The first-order valence-corrected chi connectivity index (χ1v) is 9.63. The van der Waals surface area contributed by atoms with Gasteiger partial charge in [0.2, 0.25) is 5.91 Å². The predicted molar refractivity (Wildman–Crippen MR) is 110 cm³/mol. The molecule has 9 heteroatoms. The van der Waals surface area contributed by atoms with Crippen molar-refractivity contribution in [2.75, 3.05) is 37.6 Å². The summed E-state index contributed by atoms with van der Waals surface area (Å²) in [5, 5.41) is 14.3. The molecule has 0 aliphatic carbocycles. The lowest BCUT2D eigenvalue weighted by Gasteiger charge is -2.35. The molecule has 2 aromatic carbocycles. The molecule has 1 aliphatic heterocycles. The number of nitro benzene ring substituents is 1. The van der Waals surface area contributed by atoms with Crippen LogP contribution in [0.1, 0.15) is 16.8 Å². The van der Waals surface area contributed by atoms with E-state index in [1.807, 2.05) is 11.0 Å². The van der Waals surface area contributed by atoms with E-state index >= 15 is 0 Å². The number of hydrogen-bond acceptors (Lipinski definition) is 5. The minimum atomic E-state index is -0.450. The number of halogens is 1. The van der Waals surface area contributed by atoms with E-state index in [2.05, 4.69) is 5.32 Å². The van der Waals surface area contributed by atoms with Crippen LogP contribution in [0, 0.1) is 10.1 Å². The van der Waals surface area contributed by atoms with Crippen molar-refractivity contribution in [2.45, 2.75) is 6.42 Å². The second-order valence-electron chi connectivity index (χ2n) is 6.63. The number of hydrogen-bond donors (Lipinski definition) is 1. The zero-order chi connectivity index (χ0) is 20.8. The molecule has 0 saturated carbocycles. The van der Waals surface area contributed by atoms with E-state index in [9.17, 15) is 19.7 Å². The zero-order valence-corrected chi connectivity index (χ0v) is 16.5. The highest BCUT2D eigenvalue weighted by molar-refractivity contribution is 6.30. The van der Waals surface area contributed by atoms with Gasteiger partial charge in [-0.05, 0) is 24.3 Å². The van der Waals surface area contributed by atoms with Gasteiger partial charge in [0.25, 0.3) is 11.6 Å². The van der Waals surface area contributed by atoms with Crippen LogP contribution in [-0.4, -0.2) is 54.4 Å². The van der Waals surface area contributed by atoms with Gasteiger partial charge in [-0.25, -0.2) is 0 Å². The Kier molecular flexibility index (Phi) is 6.66. The maximum atomic E-state index is 12.4. The van der Waals surface area contributed by atoms with E-state index in [1.165, 1.54) is 6.07 Å². The summed E-state index contributed by atoms with van der Waals surface area (Å²) < 4.78 is 0. The van der Waals surface area contributed by atoms with E-state index in [0.29, 0.717) is 42.5 Å². The molecule has 3 rings (SSSR count). The molecule has 0 atom stereocenters. The summed E-state index contributed by atoms with van der Waals surface area (Å²) >= 11 is 5.87. The fourth-order valence-corrected chi connectivity index (χ4v) is 3.41. The minimum Gasteiger partial charge on any atom is -0.362 e. The summed E-state index contributed by atoms with van der Waals surface area (Å²) in [6.45, 7) is 2.17. The number of nitrogens with one attached hydrogen (secondary N) is 1. The number of amides is 2. The lowest BCUT2D eigenvalue weighted by atomic mass is 10.2. The van der Waals surface area contributed by atoms with Gasteiger partial charge < -0.3 is 15.1 Å². The summed E-state index contributed by atoms with van der Waals surface area (Å²) in [5.74, 6) is -0.262. The summed E-state index contributed by atoms with van der Waals surface area (Å²) in [5.41, 5.74) is 1.01. The van der Waals surface area contributed by atoms with Crippen LogP contribution in [0.25, 0.3) is 0 Å². The minimum absolute atomic E-state index is 0.0408. The van der Waals surface area contributed by atoms with Crippen LogP contribution in [0.5, 0.6) is 0 Å². The maximum Gasteiger partial charge on any atom is 0.294 e. The first-order chi connectivity index (χ1) is 14.0. The molecule has 1 N–H and O–H groups in total. The van der Waals surface area contributed by atoms with Gasteiger partial charge in [-0.3, -0.25) is 19.7 Å². The molecule has 152 valence electrons. The van der Waals surface area contributed by atoms with Crippen LogP contribution in [-0.2, 0) is 4.79 Å². The van der Waals surface area contributed by atoms with Gasteiger partial charge in [0.05, 0.1) is 4.92 Å². The number of piperazine rings is 1. The lowest BCUT2D eigenvalue weighted by molar-refractivity contribution is -0.384. The van der Waals surface area contributed by atoms with Gasteiger partial charge in [0, 0.05) is 55.8 Å². The third-order valence-electron chi connectivity index (χ3n) is 4.77. The zero-order valence-electron chi connectivity index (χ0n) is 15.7. The van der Waals surface area contributed by atoms with E-state index in [0.717, 1.165) is 0 Å². The number of nitro groups is 1. The average Bonchev–Trinajstić information content (AvgIpc) is 2.74. The Balaban J connectivity index is 1.49. The van der Waals surface area contributed by atoms with E-state index < -0.39 is 4.92 Å². The molecule has 2 amide bonds. The number of nitrogens with zero attached hydrogens (tertiary/aromatic N) is 3. The van der Waals surface area contributed by atoms with Gasteiger partial charge >= 0.3 is 0 Å². The van der Waals surface area contributed by atoms with E-state index in [4.69, 9.17) is 11.6 Å². The Morgan fingerprint density at radius 1 is 1.07 bits per heavy atom. The molecular weight excluding hydrogens is 396 g/mol. The Labute approximate surface area is 173 Å². The van der Waals surface area contributed by atoms with Crippen LogP contribution < -0.4 is 10.2 Å². The molecule has 1 aliphatic rings. The number of benzene rings is 2. The van der Waals surface area contributed by atoms with E-state index in [-0.39, 0.29) is 30.5 Å². The highest BCUT2D eigenvalue weighted by atomic mass is 35.5. The highest BCUT2D eigenvalue weighted by Crippen LogP contribution is 2.31. The van der Waals surface area contributed by atoms with Crippen LogP contribution >= 0.6 is 11.6 Å². The molecule has 1 heterocycles. The van der Waals surface area contributed by atoms with Crippen LogP contribution in [0.15, 0.2) is 48.5 Å². The topological polar surface area (TPSA) is 95.8 Å². The molecule has 1 fully saturated rings. The van der Waals surface area contributed by atoms with Gasteiger partial charge in [0.1, 0.15) is 5.69 Å². The second kappa shape index (κ2) is 9.38. The summed E-state index contributed by atoms with van der Waals surface area (Å²) in [6.07, 6.45) is 0.208. The van der Waals surface area contributed by atoms with Gasteiger partial charge in [-0.1, -0.05) is 29.8 Å². The fraction of sp³-hybridized carbons (Fsp3) is 0.300. The van der Waals surface area contributed by atoms with Crippen molar-refractivity contribution in [1.82, 2.24) is 10.2 Å². The number of rotatable bonds is 6. The molecular formula is C20H21ClN4O4. The summed E-state index contributed by atoms with van der Waals surface area (Å²) in [7, 11) is 0. The third kappa shape index (κ3) is 5.23. The molecule has 0 bridgehead atoms. The quantitative estimate of drug-likeness (QED) is 0.577. The first-order valence-electron chi connectivity index (χ1n) is 9.25. The second-order valence-corrected chi connectivity index (χ2v) is 7.07. The van der Waals surface area contributed by atoms with Crippen LogP contribution in [0.3, 0.4) is 0 Å². The van der Waals surface area contributed by atoms with Gasteiger partial charge in [-0.2, -0.15) is 0 Å². The van der Waals surface area contributed by atoms with Crippen LogP contribution in [0.4, 0.5) is 11.4 Å². The van der Waals surface area contributed by atoms with Crippen molar-refractivity contribution in [3.63, 3.8) is 0 Å². The molecule has 2 aromatic rings. The van der Waals surface area contributed by atoms with Crippen molar-refractivity contribution in [3.05, 3.63) is 69.2 Å². The number of carbonyl (C=O) groups is 2. The molecule has 0 spiro atoms. The fourth-order valence-electron chi connectivity index (χ4n) is 3.24. The Hall–Kier alpha value is -3.13. The smallest absolute Gasteiger partial charge is 0.294 e. The van der Waals surface area contributed by atoms with Crippen molar-refractivity contribution in [1.29, 1.82) is 0 Å². The Morgan fingerprint density at radius 2 is 1.76 bits per heavy atom. The average molecular weight is 417 g/mol. The Bertz CT molecular complexity index is 899. The standard InChI is InChI=1S/C20H21ClN4O4/c21-16-6-7-17(18(14-16)25(28)29)23-10-12-24(13-11-23)19(26)8-9-22-20(27)15-4-2-1-3-5-15/h1-7,14H,8-13H2,(H,22,27). The SMILES string of the molecule is O=C(NCCC(=O)N1CCN(c2ccc(Cl)cc2[N+](=O)[O-])CC1)c1ccccc1. The number of carbonyl (C=O) groups excluding carboxylic acids is 2. The van der Waals surface area contributed by atoms with Crippen molar-refractivity contribution in [3.8, 4) is 0 Å². The normalized spacial score (nSPS) is 13.8. The lowest BCUT2D eigenvalue weighted by Crippen LogP contribution is -2.49. The molecule has 0 aromatic heterocycles. The summed E-state index contributed by atoms with van der Waals surface area (Å²) in [6, 6.07) is 13.4. The molecule has 29 heavy (non-hydrogen) atoms. The largest absolute Gasteiger partial charge is 0.362 e. The maximum absolute atomic E-state index is 12.4. The van der Waals surface area contributed by atoms with Crippen molar-refractivity contribution < 1.29 is 14.5 Å². The molecule has 0 unspecified atom stereocenters. The highest BCUT2D eigenvalue weighted by Gasteiger charge is 2.25. The predicted octanol–water partition coefficient (Wildman–Crippen LogP) is 2.72. The summed E-state index contributed by atoms with van der Waals surface area (Å²) in [4.78, 5) is 38.9. The first kappa shape index (κ1) is 20.6. The monoisotopic (exact) mass is 416 g/mol. The van der Waals surface area contributed by atoms with Gasteiger partial charge in [0.15, 0.2) is 0 Å².